The van der Waals surface area contributed by atoms with E-state index in [0.717, 1.165) is 22.3 Å². The highest BCUT2D eigenvalue weighted by Gasteiger charge is 2.38. The van der Waals surface area contributed by atoms with Gasteiger partial charge in [-0.15, -0.1) is 0 Å². The molecule has 2 amide bonds. The van der Waals surface area contributed by atoms with Gasteiger partial charge >= 0.3 is 12.1 Å². The maximum Gasteiger partial charge on any atom is 0.407 e. The average molecular weight is 467 g/mol. The smallest absolute Gasteiger partial charge is 0.407 e. The molecule has 7 nitrogen and oxygen atoms in total. The van der Waals surface area contributed by atoms with Crippen molar-refractivity contribution in [2.75, 3.05) is 13.2 Å². The van der Waals surface area contributed by atoms with E-state index in [2.05, 4.69) is 17.4 Å². The predicted molar refractivity (Wildman–Crippen MR) is 131 cm³/mol. The lowest BCUT2D eigenvalue weighted by atomic mass is 9.85. The number of aliphatic carboxylic acids is 1. The van der Waals surface area contributed by atoms with Gasteiger partial charge < -0.3 is 20.1 Å². The maximum atomic E-state index is 13.3. The number of fused-ring (bicyclic) bond motifs is 3. The van der Waals surface area contributed by atoms with Gasteiger partial charge in [-0.3, -0.25) is 9.59 Å². The predicted octanol–water partition coefficient (Wildman–Crippen LogP) is 4.65. The van der Waals surface area contributed by atoms with Crippen molar-refractivity contribution in [1.29, 1.82) is 0 Å². The highest BCUT2D eigenvalue weighted by Crippen LogP contribution is 2.44. The van der Waals surface area contributed by atoms with E-state index in [9.17, 15) is 19.5 Å². The number of carboxylic acids is 1. The third-order valence-corrected chi connectivity index (χ3v) is 6.43. The zero-order valence-electron chi connectivity index (χ0n) is 20.5. The van der Waals surface area contributed by atoms with Gasteiger partial charge in [0.1, 0.15) is 19.2 Å². The summed E-state index contributed by atoms with van der Waals surface area (Å²) < 4.78 is 5.63. The molecule has 0 aliphatic heterocycles. The average Bonchev–Trinajstić information content (AvgIpc) is 3.11. The zero-order valence-corrected chi connectivity index (χ0v) is 20.5. The fourth-order valence-corrected chi connectivity index (χ4v) is 4.39. The Morgan fingerprint density at radius 2 is 1.56 bits per heavy atom. The first-order chi connectivity index (χ1) is 16.0. The molecule has 182 valence electrons. The van der Waals surface area contributed by atoms with Crippen LogP contribution >= 0.6 is 0 Å². The second-order valence-electron chi connectivity index (χ2n) is 9.89. The molecular formula is C27H34N2O5. The third kappa shape index (κ3) is 5.41. The molecule has 0 aromatic heterocycles. The molecule has 0 saturated carbocycles. The summed E-state index contributed by atoms with van der Waals surface area (Å²) >= 11 is 0. The van der Waals surface area contributed by atoms with Gasteiger partial charge in [-0.2, -0.15) is 0 Å². The zero-order chi connectivity index (χ0) is 25.0. The normalized spacial score (nSPS) is 14.5. The number of amides is 2. The Morgan fingerprint density at radius 3 is 2.03 bits per heavy atom. The molecular weight excluding hydrogens is 432 g/mol. The molecule has 1 aliphatic rings. The van der Waals surface area contributed by atoms with Crippen LogP contribution in [0, 0.1) is 5.41 Å². The number of rotatable bonds is 8. The minimum atomic E-state index is -1.09. The number of carbonyl (C=O) groups excluding carboxylic acids is 2. The first kappa shape index (κ1) is 25.3. The van der Waals surface area contributed by atoms with Crippen molar-refractivity contribution >= 4 is 18.0 Å². The fourth-order valence-electron chi connectivity index (χ4n) is 4.39. The van der Waals surface area contributed by atoms with E-state index in [1.54, 1.807) is 6.92 Å². The molecule has 2 unspecified atom stereocenters. The fraction of sp³-hybridized carbons (Fsp3) is 0.444. The van der Waals surface area contributed by atoms with Crippen LogP contribution in [0.4, 0.5) is 4.79 Å². The third-order valence-electron chi connectivity index (χ3n) is 6.43. The lowest BCUT2D eigenvalue weighted by Gasteiger charge is -2.36. The second-order valence-corrected chi connectivity index (χ2v) is 9.89. The molecule has 2 N–H and O–H groups in total. The summed E-state index contributed by atoms with van der Waals surface area (Å²) in [6, 6.07) is 14.9. The molecule has 2 aromatic carbocycles. The molecule has 0 saturated heterocycles. The topological polar surface area (TPSA) is 95.9 Å². The maximum absolute atomic E-state index is 13.3. The minimum absolute atomic E-state index is 0.0921. The SMILES string of the molecule is CCC(C)N(CC(=O)O)C(=O)C(NC(=O)OCC1c2ccccc2-c2ccccc21)C(C)(C)C. The lowest BCUT2D eigenvalue weighted by molar-refractivity contribution is -0.148. The summed E-state index contributed by atoms with van der Waals surface area (Å²) in [6.45, 7) is 8.88. The summed E-state index contributed by atoms with van der Waals surface area (Å²) in [5, 5.41) is 12.0. The molecule has 3 rings (SSSR count). The molecule has 1 aliphatic carbocycles. The molecule has 0 spiro atoms. The summed E-state index contributed by atoms with van der Waals surface area (Å²) in [7, 11) is 0. The number of carbonyl (C=O) groups is 3. The minimum Gasteiger partial charge on any atom is -0.480 e. The van der Waals surface area contributed by atoms with E-state index in [4.69, 9.17) is 4.74 Å². The summed E-state index contributed by atoms with van der Waals surface area (Å²) in [4.78, 5) is 38.9. The van der Waals surface area contributed by atoms with Gasteiger partial charge in [0.05, 0.1) is 0 Å². The van der Waals surface area contributed by atoms with Crippen LogP contribution in [0.1, 0.15) is 58.1 Å². The highest BCUT2D eigenvalue weighted by molar-refractivity contribution is 5.89. The monoisotopic (exact) mass is 466 g/mol. The number of benzene rings is 2. The Morgan fingerprint density at radius 1 is 1.03 bits per heavy atom. The Kier molecular flexibility index (Phi) is 7.64. The molecule has 0 radical (unpaired) electrons. The van der Waals surface area contributed by atoms with Gasteiger partial charge in [-0.05, 0) is 41.0 Å². The number of hydrogen-bond donors (Lipinski definition) is 2. The van der Waals surface area contributed by atoms with Crippen molar-refractivity contribution in [2.45, 2.75) is 59.0 Å². The molecule has 2 aromatic rings. The quantitative estimate of drug-likeness (QED) is 0.590. The van der Waals surface area contributed by atoms with E-state index in [0.29, 0.717) is 6.42 Å². The number of ether oxygens (including phenoxy) is 1. The van der Waals surface area contributed by atoms with Crippen LogP contribution in [0.5, 0.6) is 0 Å². The van der Waals surface area contributed by atoms with Crippen LogP contribution in [0.25, 0.3) is 11.1 Å². The van der Waals surface area contributed by atoms with Crippen molar-refractivity contribution in [1.82, 2.24) is 10.2 Å². The lowest BCUT2D eigenvalue weighted by Crippen LogP contribution is -2.57. The van der Waals surface area contributed by atoms with Crippen molar-refractivity contribution in [2.24, 2.45) is 5.41 Å². The largest absolute Gasteiger partial charge is 0.480 e. The Balaban J connectivity index is 1.75. The van der Waals surface area contributed by atoms with Crippen molar-refractivity contribution < 1.29 is 24.2 Å². The first-order valence-electron chi connectivity index (χ1n) is 11.7. The number of hydrogen-bond acceptors (Lipinski definition) is 4. The van der Waals surface area contributed by atoms with Gasteiger partial charge in [-0.25, -0.2) is 4.79 Å². The number of carboxylic acid groups (broad SMARTS) is 1. The van der Waals surface area contributed by atoms with Crippen LogP contribution < -0.4 is 5.32 Å². The van der Waals surface area contributed by atoms with Gasteiger partial charge in [0, 0.05) is 12.0 Å². The molecule has 7 heteroatoms. The summed E-state index contributed by atoms with van der Waals surface area (Å²) in [5.41, 5.74) is 3.82. The number of nitrogens with one attached hydrogen (secondary N) is 1. The Hall–Kier alpha value is -3.35. The van der Waals surface area contributed by atoms with Crippen molar-refractivity contribution in [3.8, 4) is 11.1 Å². The van der Waals surface area contributed by atoms with Crippen LogP contribution in [0.2, 0.25) is 0 Å². The van der Waals surface area contributed by atoms with Crippen molar-refractivity contribution in [3.63, 3.8) is 0 Å². The van der Waals surface area contributed by atoms with E-state index in [-0.39, 0.29) is 18.6 Å². The van der Waals surface area contributed by atoms with Crippen LogP contribution in [0.3, 0.4) is 0 Å². The molecule has 0 bridgehead atoms. The van der Waals surface area contributed by atoms with Gasteiger partial charge in [0.2, 0.25) is 5.91 Å². The van der Waals surface area contributed by atoms with E-state index < -0.39 is 36.0 Å². The van der Waals surface area contributed by atoms with Gasteiger partial charge in [0.25, 0.3) is 0 Å². The van der Waals surface area contributed by atoms with E-state index >= 15 is 0 Å². The summed E-state index contributed by atoms with van der Waals surface area (Å²) in [6.07, 6.45) is -0.101. The molecule has 2 atom stereocenters. The standard InChI is InChI=1S/C27H34N2O5/c1-6-17(2)29(15-23(30)31)25(32)24(27(3,4)5)28-26(33)34-16-22-20-13-9-7-11-18(20)19-12-8-10-14-21(19)22/h7-14,17,22,24H,6,15-16H2,1-5H3,(H,28,33)(H,30,31). The molecule has 0 heterocycles. The van der Waals surface area contributed by atoms with Gasteiger partial charge in [-0.1, -0.05) is 76.2 Å². The van der Waals surface area contributed by atoms with Crippen LogP contribution in [-0.2, 0) is 14.3 Å². The number of alkyl carbamates (subject to hydrolysis) is 1. The van der Waals surface area contributed by atoms with Crippen LogP contribution in [0.15, 0.2) is 48.5 Å². The molecule has 0 fully saturated rings. The Labute approximate surface area is 201 Å². The molecule has 34 heavy (non-hydrogen) atoms. The summed E-state index contributed by atoms with van der Waals surface area (Å²) in [5.74, 6) is -1.62. The second kappa shape index (κ2) is 10.3. The van der Waals surface area contributed by atoms with Crippen LogP contribution in [-0.4, -0.2) is 53.2 Å². The van der Waals surface area contributed by atoms with E-state index in [1.165, 1.54) is 4.90 Å². The Bertz CT molecular complexity index is 1010. The highest BCUT2D eigenvalue weighted by atomic mass is 16.5. The van der Waals surface area contributed by atoms with Crippen molar-refractivity contribution in [3.05, 3.63) is 59.7 Å². The first-order valence-corrected chi connectivity index (χ1v) is 11.7. The van der Waals surface area contributed by atoms with Gasteiger partial charge in [0.15, 0.2) is 0 Å². The van der Waals surface area contributed by atoms with E-state index in [1.807, 2.05) is 64.1 Å². The number of nitrogens with zero attached hydrogens (tertiary/aromatic N) is 1.